The number of nitrogens with one attached hydrogen (secondary N) is 1. The molecular formula is C26H27N3O6S. The molecule has 3 aromatic carbocycles. The van der Waals surface area contributed by atoms with Crippen LogP contribution in [0.5, 0.6) is 11.5 Å². The highest BCUT2D eigenvalue weighted by atomic mass is 32.2. The molecule has 3 aromatic rings. The molecule has 0 aromatic heterocycles. The Kier molecular flexibility index (Phi) is 7.44. The lowest BCUT2D eigenvalue weighted by Crippen LogP contribution is -2.38. The van der Waals surface area contributed by atoms with E-state index in [0.717, 1.165) is 16.4 Å². The third kappa shape index (κ3) is 5.28. The number of hydrogen-bond donors (Lipinski definition) is 1. The fraction of sp³-hybridized carbons (Fsp3) is 0.231. The van der Waals surface area contributed by atoms with Gasteiger partial charge >= 0.3 is 0 Å². The number of benzene rings is 3. The summed E-state index contributed by atoms with van der Waals surface area (Å²) in [6, 6.07) is 19.5. The highest BCUT2D eigenvalue weighted by molar-refractivity contribution is 7.92. The first kappa shape index (κ1) is 25.1. The Morgan fingerprint density at radius 1 is 1.00 bits per heavy atom. The normalized spacial score (nSPS) is 13.4. The van der Waals surface area contributed by atoms with E-state index in [1.54, 1.807) is 59.5 Å². The quantitative estimate of drug-likeness (QED) is 0.472. The molecule has 0 bridgehead atoms. The lowest BCUT2D eigenvalue weighted by molar-refractivity contribution is -0.117. The first-order valence-corrected chi connectivity index (χ1v) is 12.8. The summed E-state index contributed by atoms with van der Waals surface area (Å²) in [6.07, 6.45) is 1.34. The minimum Gasteiger partial charge on any atom is -0.497 e. The zero-order valence-electron chi connectivity index (χ0n) is 20.0. The second-order valence-corrected chi connectivity index (χ2v) is 9.97. The summed E-state index contributed by atoms with van der Waals surface area (Å²) < 4.78 is 38.9. The van der Waals surface area contributed by atoms with Crippen molar-refractivity contribution in [2.45, 2.75) is 17.7 Å². The third-order valence-corrected chi connectivity index (χ3v) is 7.58. The van der Waals surface area contributed by atoms with E-state index in [1.807, 2.05) is 0 Å². The van der Waals surface area contributed by atoms with Gasteiger partial charge in [0, 0.05) is 30.4 Å². The third-order valence-electron chi connectivity index (χ3n) is 5.81. The van der Waals surface area contributed by atoms with Crippen molar-refractivity contribution in [2.24, 2.45) is 0 Å². The molecule has 9 nitrogen and oxygen atoms in total. The molecule has 0 radical (unpaired) electrons. The van der Waals surface area contributed by atoms with E-state index in [-0.39, 0.29) is 22.2 Å². The SMILES string of the molecule is COc1ccc(OC)c(N(CC(=O)Nc2ccc(N3CCCC3=O)cc2)S(=O)(=O)c2ccccc2)c1. The van der Waals surface area contributed by atoms with E-state index in [0.29, 0.717) is 24.4 Å². The van der Waals surface area contributed by atoms with Crippen LogP contribution in [0.25, 0.3) is 0 Å². The van der Waals surface area contributed by atoms with Gasteiger partial charge in [-0.2, -0.15) is 0 Å². The fourth-order valence-corrected chi connectivity index (χ4v) is 5.43. The van der Waals surface area contributed by atoms with E-state index in [4.69, 9.17) is 9.47 Å². The van der Waals surface area contributed by atoms with Crippen LogP contribution in [0.15, 0.2) is 77.7 Å². The summed E-state index contributed by atoms with van der Waals surface area (Å²) in [5, 5.41) is 2.74. The Bertz CT molecular complexity index is 1340. The number of ether oxygens (including phenoxy) is 2. The number of rotatable bonds is 9. The van der Waals surface area contributed by atoms with Crippen molar-refractivity contribution in [3.63, 3.8) is 0 Å². The number of methoxy groups -OCH3 is 2. The molecule has 1 aliphatic heterocycles. The number of hydrogen-bond acceptors (Lipinski definition) is 6. The molecule has 36 heavy (non-hydrogen) atoms. The Morgan fingerprint density at radius 3 is 2.33 bits per heavy atom. The minimum atomic E-state index is -4.13. The van der Waals surface area contributed by atoms with Gasteiger partial charge in [-0.3, -0.25) is 13.9 Å². The number of amides is 2. The van der Waals surface area contributed by atoms with Crippen molar-refractivity contribution >= 4 is 38.9 Å². The Labute approximate surface area is 210 Å². The molecule has 0 spiro atoms. The van der Waals surface area contributed by atoms with Gasteiger partial charge in [0.25, 0.3) is 10.0 Å². The summed E-state index contributed by atoms with van der Waals surface area (Å²) in [4.78, 5) is 26.8. The van der Waals surface area contributed by atoms with Crippen LogP contribution >= 0.6 is 0 Å². The summed E-state index contributed by atoms with van der Waals surface area (Å²) in [6.45, 7) is 0.159. The topological polar surface area (TPSA) is 105 Å². The Morgan fingerprint density at radius 2 is 1.72 bits per heavy atom. The zero-order valence-corrected chi connectivity index (χ0v) is 20.8. The van der Waals surface area contributed by atoms with Crippen LogP contribution in [-0.4, -0.2) is 47.5 Å². The second kappa shape index (κ2) is 10.7. The molecular weight excluding hydrogens is 482 g/mol. The first-order chi connectivity index (χ1) is 17.3. The highest BCUT2D eigenvalue weighted by Gasteiger charge is 2.30. The molecule has 4 rings (SSSR count). The second-order valence-electron chi connectivity index (χ2n) is 8.11. The maximum absolute atomic E-state index is 13.6. The molecule has 1 saturated heterocycles. The van der Waals surface area contributed by atoms with Gasteiger partial charge in [-0.1, -0.05) is 18.2 Å². The van der Waals surface area contributed by atoms with Gasteiger partial charge < -0.3 is 19.7 Å². The first-order valence-electron chi connectivity index (χ1n) is 11.3. The summed E-state index contributed by atoms with van der Waals surface area (Å²) >= 11 is 0. The number of nitrogens with zero attached hydrogens (tertiary/aromatic N) is 2. The zero-order chi connectivity index (χ0) is 25.7. The fourth-order valence-electron chi connectivity index (χ4n) is 3.99. The van der Waals surface area contributed by atoms with E-state index in [2.05, 4.69) is 5.32 Å². The number of anilines is 3. The number of sulfonamides is 1. The van der Waals surface area contributed by atoms with Gasteiger partial charge in [-0.05, 0) is 55.0 Å². The Hall–Kier alpha value is -4.05. The summed E-state index contributed by atoms with van der Waals surface area (Å²) in [5.41, 5.74) is 1.40. The maximum atomic E-state index is 13.6. The monoisotopic (exact) mass is 509 g/mol. The van der Waals surface area contributed by atoms with Crippen LogP contribution in [0.2, 0.25) is 0 Å². The largest absolute Gasteiger partial charge is 0.497 e. The van der Waals surface area contributed by atoms with Gasteiger partial charge in [-0.15, -0.1) is 0 Å². The molecule has 10 heteroatoms. The maximum Gasteiger partial charge on any atom is 0.264 e. The molecule has 0 aliphatic carbocycles. The van der Waals surface area contributed by atoms with Crippen LogP contribution in [-0.2, 0) is 19.6 Å². The molecule has 2 amide bonds. The molecule has 1 fully saturated rings. The van der Waals surface area contributed by atoms with Crippen LogP contribution in [0, 0.1) is 0 Å². The van der Waals surface area contributed by atoms with Crippen molar-refractivity contribution < 1.29 is 27.5 Å². The van der Waals surface area contributed by atoms with Crippen molar-refractivity contribution in [3.05, 3.63) is 72.8 Å². The molecule has 0 atom stereocenters. The van der Waals surface area contributed by atoms with Gasteiger partial charge in [-0.25, -0.2) is 8.42 Å². The average molecular weight is 510 g/mol. The van der Waals surface area contributed by atoms with Crippen molar-refractivity contribution in [3.8, 4) is 11.5 Å². The van der Waals surface area contributed by atoms with Crippen molar-refractivity contribution in [1.29, 1.82) is 0 Å². The smallest absolute Gasteiger partial charge is 0.264 e. The standard InChI is InChI=1S/C26H27N3O6S/c1-34-21-14-15-24(35-2)23(17-21)29(36(32,33)22-7-4-3-5-8-22)18-25(30)27-19-10-12-20(13-11-19)28-16-6-9-26(28)31/h3-5,7-8,10-15,17H,6,9,16,18H2,1-2H3,(H,27,30). The average Bonchev–Trinajstić information content (AvgIpc) is 3.33. The van der Waals surface area contributed by atoms with Crippen molar-refractivity contribution in [1.82, 2.24) is 0 Å². The van der Waals surface area contributed by atoms with Crippen molar-refractivity contribution in [2.75, 3.05) is 41.8 Å². The predicted molar refractivity (Wildman–Crippen MR) is 137 cm³/mol. The lowest BCUT2D eigenvalue weighted by atomic mass is 10.2. The van der Waals surface area contributed by atoms with Crippen LogP contribution in [0.4, 0.5) is 17.1 Å². The van der Waals surface area contributed by atoms with E-state index in [1.165, 1.54) is 32.4 Å². The molecule has 1 heterocycles. The molecule has 188 valence electrons. The van der Waals surface area contributed by atoms with Gasteiger partial charge in [0.1, 0.15) is 18.0 Å². The molecule has 1 N–H and O–H groups in total. The van der Waals surface area contributed by atoms with Gasteiger partial charge in [0.2, 0.25) is 11.8 Å². The Balaban J connectivity index is 1.62. The van der Waals surface area contributed by atoms with Gasteiger partial charge in [0.15, 0.2) is 0 Å². The van der Waals surface area contributed by atoms with E-state index >= 15 is 0 Å². The minimum absolute atomic E-state index is 0.0299. The van der Waals surface area contributed by atoms with Crippen LogP contribution in [0.1, 0.15) is 12.8 Å². The van der Waals surface area contributed by atoms with E-state index < -0.39 is 22.5 Å². The number of carbonyl (C=O) groups excluding carboxylic acids is 2. The molecule has 0 saturated carbocycles. The summed E-state index contributed by atoms with van der Waals surface area (Å²) in [7, 11) is -1.24. The van der Waals surface area contributed by atoms with E-state index in [9.17, 15) is 18.0 Å². The van der Waals surface area contributed by atoms with Crippen LogP contribution < -0.4 is 24.0 Å². The summed E-state index contributed by atoms with van der Waals surface area (Å²) in [5.74, 6) is 0.194. The number of carbonyl (C=O) groups is 2. The molecule has 0 unspecified atom stereocenters. The van der Waals surface area contributed by atoms with Gasteiger partial charge in [0.05, 0.1) is 24.8 Å². The predicted octanol–water partition coefficient (Wildman–Crippen LogP) is 3.66. The molecule has 1 aliphatic rings. The highest BCUT2D eigenvalue weighted by Crippen LogP contribution is 2.35. The van der Waals surface area contributed by atoms with Crippen LogP contribution in [0.3, 0.4) is 0 Å². The lowest BCUT2D eigenvalue weighted by Gasteiger charge is -2.26.